The van der Waals surface area contributed by atoms with E-state index in [4.69, 9.17) is 155 Å². The van der Waals surface area contributed by atoms with E-state index >= 15 is 18.3 Å². The van der Waals surface area contributed by atoms with Gasteiger partial charge in [0.15, 0.2) is 36.8 Å². The first-order chi connectivity index (χ1) is 67.8. The number of nitrogen functional groups attached to an aromatic ring is 5. The van der Waals surface area contributed by atoms with Crippen molar-refractivity contribution >= 4 is 119 Å². The van der Waals surface area contributed by atoms with Crippen LogP contribution in [-0.4, -0.2) is 329 Å². The first-order valence-corrected chi connectivity index (χ1v) is 55.3. The van der Waals surface area contributed by atoms with Crippen molar-refractivity contribution in [3.63, 3.8) is 0 Å². The number of phosphoric acid groups is 2. The van der Waals surface area contributed by atoms with Gasteiger partial charge >= 0.3 is 64.8 Å². The summed E-state index contributed by atoms with van der Waals surface area (Å²) in [5, 5.41) is 14.5. The van der Waals surface area contributed by atoms with Crippen LogP contribution in [0, 0.1) is 27.7 Å². The molecule has 0 spiro atoms. The van der Waals surface area contributed by atoms with Crippen molar-refractivity contribution in [2.24, 2.45) is 5.73 Å². The molecule has 7 aliphatic heterocycles. The van der Waals surface area contributed by atoms with Gasteiger partial charge in [0.05, 0.1) is 123 Å². The monoisotopic (exact) mass is 2180 g/mol. The van der Waals surface area contributed by atoms with Gasteiger partial charge in [-0.3, -0.25) is 73.0 Å². The zero-order chi connectivity index (χ0) is 104. The number of methoxy groups -OCH3 is 5. The Morgan fingerprint density at radius 3 is 1.18 bits per heavy atom. The number of rotatable bonds is 52. The van der Waals surface area contributed by atoms with Crippen LogP contribution >= 0.6 is 72.8 Å². The van der Waals surface area contributed by atoms with Gasteiger partial charge in [0.1, 0.15) is 133 Å². The van der Waals surface area contributed by atoms with Crippen molar-refractivity contribution in [2.45, 2.75) is 202 Å². The molecule has 66 heteroatoms. The SMILES string of the molecule is CC[C@H]1O[C@@H](n2cc(C)c(N)nc2=O)CC1OP(=O)(S)OC[C@H]1O[C@@H](N2C=C(C)C(N)NC2=O)[C@@H](OCCOC)C1OP(=O)(O)OC[C@H]1O[C@@H](n2cc(C)c(N)nc2=O)[C@@H](OCCOC)C1OP(=O)(O)OC[C@H]1O[C@@H](n2cc(C)c(N)nc2=O)[C@@H](OCCOC)C1OP(=O)(S)OC[C@H]1O[C@@H](n2cc(C)c(N)nc2=O)[C@@H](OCCOC)C1OP(=O)(S)OC[C@H]1O[C@@H](n2cnc3c(N)ccnc32)[C@@H](OCCOC)C1O. The highest BCUT2D eigenvalue weighted by molar-refractivity contribution is 8.45. The highest BCUT2D eigenvalue weighted by Crippen LogP contribution is 2.62. The van der Waals surface area contributed by atoms with E-state index in [1.54, 1.807) is 20.8 Å². The molecule has 6 fully saturated rings. The Kier molecular flexibility index (Phi) is 39.0. The van der Waals surface area contributed by atoms with Crippen molar-refractivity contribution in [3.05, 3.63) is 119 Å². The van der Waals surface area contributed by atoms with E-state index in [1.807, 2.05) is 0 Å². The fraction of sp³-hybridized carbons (Fsp3) is 0.675. The van der Waals surface area contributed by atoms with Gasteiger partial charge in [0.25, 0.3) is 0 Å². The third kappa shape index (κ3) is 27.7. The Morgan fingerprint density at radius 2 is 0.776 bits per heavy atom. The summed E-state index contributed by atoms with van der Waals surface area (Å²) in [6.07, 6.45) is -28.7. The topological polar surface area (TPSA) is 745 Å². The zero-order valence-electron chi connectivity index (χ0n) is 78.9. The Morgan fingerprint density at radius 1 is 0.434 bits per heavy atom. The Labute approximate surface area is 831 Å². The van der Waals surface area contributed by atoms with E-state index in [1.165, 1.54) is 115 Å². The lowest BCUT2D eigenvalue weighted by Crippen LogP contribution is -2.57. The van der Waals surface area contributed by atoms with Gasteiger partial charge in [0, 0.05) is 101 Å². The van der Waals surface area contributed by atoms with Crippen molar-refractivity contribution in [2.75, 3.05) is 163 Å². The van der Waals surface area contributed by atoms with E-state index < -0.39 is 252 Å². The van der Waals surface area contributed by atoms with Crippen LogP contribution in [0.4, 0.5) is 33.8 Å². The molecule has 7 aliphatic rings. The van der Waals surface area contributed by atoms with Crippen LogP contribution in [0.15, 0.2) is 74.3 Å². The number of nitrogens with one attached hydrogen (secondary N) is 1. The summed E-state index contributed by atoms with van der Waals surface area (Å²) in [5.74, 6) is -0.655. The molecule has 0 aliphatic carbocycles. The molecule has 6 saturated heterocycles. The molecule has 0 saturated carbocycles. The minimum absolute atomic E-state index is 0.0118. The average Bonchev–Trinajstić information content (AvgIpc) is 1.59. The van der Waals surface area contributed by atoms with Crippen LogP contribution in [-0.2, 0) is 144 Å². The maximum absolute atomic E-state index is 15.6. The van der Waals surface area contributed by atoms with Gasteiger partial charge in [-0.05, 0) is 52.7 Å². The summed E-state index contributed by atoms with van der Waals surface area (Å²) in [6.45, 7) is -12.6. The van der Waals surface area contributed by atoms with Crippen LogP contribution < -0.4 is 62.5 Å². The van der Waals surface area contributed by atoms with E-state index in [0.29, 0.717) is 16.7 Å². The first-order valence-electron chi connectivity index (χ1n) is 44.2. The second-order valence-electron chi connectivity index (χ2n) is 33.4. The maximum Gasteiger partial charge on any atom is 0.472 e. The number of amides is 2. The van der Waals surface area contributed by atoms with Gasteiger partial charge in [-0.2, -0.15) is 19.9 Å². The molecule has 12 unspecified atom stereocenters. The average molecular weight is 2180 g/mol. The van der Waals surface area contributed by atoms with Gasteiger partial charge in [0.2, 0.25) is 0 Å². The number of aliphatic hydroxyl groups excluding tert-OH is 1. The summed E-state index contributed by atoms with van der Waals surface area (Å²) in [5.41, 5.74) is 35.0. The molecule has 0 radical (unpaired) electrons. The van der Waals surface area contributed by atoms with E-state index in [-0.39, 0.29) is 124 Å². The summed E-state index contributed by atoms with van der Waals surface area (Å²) in [6, 6.07) is 0.667. The highest BCUT2D eigenvalue weighted by Gasteiger charge is 2.59. The van der Waals surface area contributed by atoms with Gasteiger partial charge in [-0.1, -0.05) is 43.7 Å². The number of phosphoric ester groups is 2. The quantitative estimate of drug-likeness (QED) is 0.0147. The van der Waals surface area contributed by atoms with Gasteiger partial charge in [-0.15, -0.1) is 0 Å². The lowest BCUT2D eigenvalue weighted by atomic mass is 10.1. The number of fused-ring (bicyclic) bond motifs is 1. The third-order valence-corrected chi connectivity index (χ3v) is 30.4. The molecule has 0 aromatic carbocycles. The van der Waals surface area contributed by atoms with Crippen LogP contribution in [0.5, 0.6) is 0 Å². The second kappa shape index (κ2) is 49.3. The summed E-state index contributed by atoms with van der Waals surface area (Å²) < 4.78 is 237. The molecular weight excluding hydrogens is 2070 g/mol. The number of nitrogens with two attached hydrogens (primary N) is 6. The summed E-state index contributed by atoms with van der Waals surface area (Å²) >= 11 is 13.1. The molecule has 13 heterocycles. The lowest BCUT2D eigenvalue weighted by Gasteiger charge is -2.35. The number of imidazole rings is 1. The number of ether oxygens (including phenoxy) is 16. The number of anilines is 5. The highest BCUT2D eigenvalue weighted by atomic mass is 32.7. The molecule has 58 nitrogen and oxygen atoms in total. The summed E-state index contributed by atoms with van der Waals surface area (Å²) in [7, 11) is -5.04. The molecule has 2 amide bonds. The Hall–Kier alpha value is -6.85. The minimum atomic E-state index is -5.94. The Bertz CT molecular complexity index is 5950. The number of urea groups is 1. The first kappa shape index (κ1) is 113. The molecule has 13 rings (SSSR count). The normalized spacial score (nSPS) is 30.5. The van der Waals surface area contributed by atoms with Crippen LogP contribution in [0.1, 0.15) is 80.1 Å². The molecule has 798 valence electrons. The number of nitrogens with zero attached hydrogens (tertiary/aromatic N) is 12. The molecule has 6 aromatic heterocycles. The summed E-state index contributed by atoms with van der Waals surface area (Å²) in [4.78, 5) is 119. The molecule has 29 atom stereocenters. The molecule has 6 aromatic rings. The number of aromatic nitrogens is 11. The number of pyridine rings is 1. The lowest BCUT2D eigenvalue weighted by molar-refractivity contribution is -0.0906. The van der Waals surface area contributed by atoms with Crippen molar-refractivity contribution in [1.82, 2.24) is 63.0 Å². The number of hydrogen-bond donors (Lipinski definition) is 13. The van der Waals surface area contributed by atoms with Gasteiger partial charge in [-0.25, -0.2) is 56.8 Å². The number of aryl methyl sites for hydroxylation is 4. The minimum Gasteiger partial charge on any atom is -0.397 e. The van der Waals surface area contributed by atoms with E-state index in [9.17, 15) is 43.4 Å². The smallest absolute Gasteiger partial charge is 0.397 e. The number of carbonyl (C=O) groups excluding carboxylic acids is 1. The maximum atomic E-state index is 15.6. The van der Waals surface area contributed by atoms with E-state index in [0.717, 1.165) is 18.6 Å². The molecule has 143 heavy (non-hydrogen) atoms. The fourth-order valence-electron chi connectivity index (χ4n) is 16.3. The van der Waals surface area contributed by atoms with Gasteiger partial charge < -0.3 is 130 Å². The van der Waals surface area contributed by atoms with Crippen molar-refractivity contribution < 1.29 is 164 Å². The Balaban J connectivity index is 0.791. The van der Waals surface area contributed by atoms with Crippen LogP contribution in [0.25, 0.3) is 11.2 Å². The third-order valence-electron chi connectivity index (χ3n) is 23.5. The predicted octanol–water partition coefficient (Wildman–Crippen LogP) is 1.67. The standard InChI is InChI=1S/C77H118N19O39P5S3/c1-12-43-44(25-50(125-43)91-26-37(2)62(79)86-73(91)98)131-138(107,141)123-34-48-54(59(117-22-17-112-9)70(129-48)93-28-39(4)64(81)88-75(93)100)133-136(103,104)120-32-46-53(58(116-21-16-111-8)69(127-46)92-27-38(3)63(80)87-74(92)99)132-137(105,106)121-33-47-55(60(118-23-18-113-10)71(128-47)94-29-40(5)65(82)89-76(94)101)134-140(109,143)124-35-49-56(61(119-24-19-114-11)72(130-49)95-30-41(6)66(83)90-77(95)102)135-139(108,142)122-31-45-52(97)57(115-20-15-110-7)68(126-45)96-36-85-51-42(78)13-14-84-67(51)96/h13-14,26-30,36,43-50,52-61,64,68-72,97H,12,15-25,31-35,81H2,1-11H3,(H2,78,84)(H,88,100)(H,103,104)(H,105,106)(H,107,141)(H,108,142)(H,109,143)(H2,79,86,98)(H2,80,87,99)(H2,82,89,101)(H2,83,90,102)/t43-,44?,45-,46-,47-,48-,49-,50-,52?,53?,54?,55?,56?,57+,58+,59+,60+,61+,64?,68-,69-,70-,71-,72-,138?,139?,140?/m1/s1. The van der Waals surface area contributed by atoms with E-state index in [2.05, 4.69) is 72.0 Å². The van der Waals surface area contributed by atoms with Crippen molar-refractivity contribution in [3.8, 4) is 0 Å². The number of carbonyl (C=O) groups is 1. The van der Waals surface area contributed by atoms with Crippen LogP contribution in [0.3, 0.4) is 0 Å². The molecule has 0 bridgehead atoms. The predicted molar refractivity (Wildman–Crippen MR) is 505 cm³/mol. The second-order valence-corrected chi connectivity index (χ2v) is 44.8. The largest absolute Gasteiger partial charge is 0.472 e. The van der Waals surface area contributed by atoms with Crippen LogP contribution in [0.2, 0.25) is 0 Å². The number of aliphatic hydroxyl groups is 1. The number of thiol groups is 3. The molecular formula is C77H118N19O39P5S3. The number of hydrogen-bond acceptors (Lipinski definition) is 49. The molecule has 16 N–H and O–H groups in total. The van der Waals surface area contributed by atoms with Crippen molar-refractivity contribution in [1.29, 1.82) is 0 Å². The fourth-order valence-corrected chi connectivity index (χ4v) is 22.7. The zero-order valence-corrected chi connectivity index (χ0v) is 86.1.